The van der Waals surface area contributed by atoms with Crippen LogP contribution in [0.2, 0.25) is 0 Å². The van der Waals surface area contributed by atoms with Crippen LogP contribution in [0.25, 0.3) is 10.4 Å². The molecular formula is C40H44N6O4S. The predicted octanol–water partition coefficient (Wildman–Crippen LogP) is 4.55. The van der Waals surface area contributed by atoms with Gasteiger partial charge < -0.3 is 15.5 Å². The number of nitrogens with zero attached hydrogens (tertiary/aromatic N) is 4. The Hall–Kier alpha value is -4.87. The molecular weight excluding hydrogens is 661 g/mol. The first kappa shape index (κ1) is 34.6. The second-order valence-electron chi connectivity index (χ2n) is 13.9. The van der Waals surface area contributed by atoms with Gasteiger partial charge in [-0.25, -0.2) is 0 Å². The van der Waals surface area contributed by atoms with E-state index in [2.05, 4.69) is 32.2 Å². The third-order valence-corrected chi connectivity index (χ3v) is 11.7. The molecule has 3 saturated heterocycles. The number of piperazine rings is 1. The van der Waals surface area contributed by atoms with Crippen LogP contribution in [0.5, 0.6) is 0 Å². The summed E-state index contributed by atoms with van der Waals surface area (Å²) < 4.78 is 0. The highest BCUT2D eigenvalue weighted by molar-refractivity contribution is 7.15. The lowest BCUT2D eigenvalue weighted by Crippen LogP contribution is -2.49. The second-order valence-corrected chi connectivity index (χ2v) is 15.0. The fourth-order valence-electron chi connectivity index (χ4n) is 7.58. The summed E-state index contributed by atoms with van der Waals surface area (Å²) >= 11 is 1.61. The molecule has 0 bridgehead atoms. The number of aromatic nitrogens is 1. The van der Waals surface area contributed by atoms with Crippen LogP contribution in [0.3, 0.4) is 0 Å². The van der Waals surface area contributed by atoms with Gasteiger partial charge in [0.2, 0.25) is 23.6 Å². The fraction of sp³-hybridized carbons (Fsp3) is 0.375. The first-order valence-corrected chi connectivity index (χ1v) is 18.7. The molecule has 51 heavy (non-hydrogen) atoms. The number of piperidine rings is 2. The van der Waals surface area contributed by atoms with Crippen molar-refractivity contribution in [2.75, 3.05) is 50.7 Å². The number of hydrogen-bond donors (Lipinski definition) is 2. The number of amides is 4. The SMILES string of the molecule is NC(=O)C(c1ccccc1)c1ccc(-c2ccc(CC(=O)N3CCC(CN4CCN(c5ccc(C6CCC(=O)NC6=O)cc5)CC4)CC3)s2)cn1. The summed E-state index contributed by atoms with van der Waals surface area (Å²) in [6.45, 7) is 6.60. The van der Waals surface area contributed by atoms with Gasteiger partial charge in [-0.3, -0.25) is 34.4 Å². The lowest BCUT2D eigenvalue weighted by Gasteiger charge is -2.39. The monoisotopic (exact) mass is 704 g/mol. The number of pyridine rings is 1. The molecule has 0 spiro atoms. The Morgan fingerprint density at radius 3 is 2.27 bits per heavy atom. The number of thiophene rings is 1. The van der Waals surface area contributed by atoms with E-state index in [4.69, 9.17) is 5.73 Å². The highest BCUT2D eigenvalue weighted by Gasteiger charge is 2.29. The largest absolute Gasteiger partial charge is 0.369 e. The smallest absolute Gasteiger partial charge is 0.234 e. The van der Waals surface area contributed by atoms with Gasteiger partial charge in [0.05, 0.1) is 18.0 Å². The summed E-state index contributed by atoms with van der Waals surface area (Å²) in [7, 11) is 0. The van der Waals surface area contributed by atoms with Crippen LogP contribution in [0.4, 0.5) is 5.69 Å². The van der Waals surface area contributed by atoms with Crippen molar-refractivity contribution in [1.29, 1.82) is 0 Å². The number of carbonyl (C=O) groups is 4. The number of nitrogens with one attached hydrogen (secondary N) is 1. The second kappa shape index (κ2) is 15.6. The van der Waals surface area contributed by atoms with Crippen molar-refractivity contribution in [1.82, 2.24) is 20.1 Å². The number of benzene rings is 2. The number of likely N-dealkylation sites (tertiary alicyclic amines) is 1. The van der Waals surface area contributed by atoms with Crippen molar-refractivity contribution >= 4 is 40.7 Å². The van der Waals surface area contributed by atoms with E-state index in [1.54, 1.807) is 17.5 Å². The zero-order valence-corrected chi connectivity index (χ0v) is 29.5. The van der Waals surface area contributed by atoms with Gasteiger partial charge in [-0.05, 0) is 66.6 Å². The zero-order chi connectivity index (χ0) is 35.3. The molecule has 3 aliphatic rings. The topological polar surface area (TPSA) is 129 Å². The third kappa shape index (κ3) is 8.21. The maximum absolute atomic E-state index is 13.3. The molecule has 3 aliphatic heterocycles. The first-order valence-electron chi connectivity index (χ1n) is 17.9. The van der Waals surface area contributed by atoms with Crippen molar-refractivity contribution < 1.29 is 19.2 Å². The number of imide groups is 1. The minimum atomic E-state index is -0.601. The molecule has 2 atom stereocenters. The molecule has 0 saturated carbocycles. The summed E-state index contributed by atoms with van der Waals surface area (Å²) in [5, 5.41) is 2.45. The number of rotatable bonds is 10. The normalized spacial score (nSPS) is 19.5. The highest BCUT2D eigenvalue weighted by Crippen LogP contribution is 2.31. The van der Waals surface area contributed by atoms with E-state index in [0.717, 1.165) is 85.1 Å². The Bertz CT molecular complexity index is 1850. The fourth-order valence-corrected chi connectivity index (χ4v) is 8.57. The summed E-state index contributed by atoms with van der Waals surface area (Å²) in [5.74, 6) is -0.899. The molecule has 0 aliphatic carbocycles. The van der Waals surface area contributed by atoms with E-state index >= 15 is 0 Å². The quantitative estimate of drug-likeness (QED) is 0.232. The minimum absolute atomic E-state index is 0.180. The predicted molar refractivity (Wildman–Crippen MR) is 198 cm³/mol. The van der Waals surface area contributed by atoms with Gasteiger partial charge in [0.25, 0.3) is 0 Å². The lowest BCUT2D eigenvalue weighted by atomic mass is 9.90. The molecule has 3 fully saturated rings. The molecule has 10 nitrogen and oxygen atoms in total. The molecule has 11 heteroatoms. The summed E-state index contributed by atoms with van der Waals surface area (Å²) in [5.41, 5.74) is 10.2. The van der Waals surface area contributed by atoms with Crippen molar-refractivity contribution in [2.24, 2.45) is 11.7 Å². The molecule has 2 aromatic heterocycles. The Morgan fingerprint density at radius 2 is 1.61 bits per heavy atom. The molecule has 7 rings (SSSR count). The number of nitrogens with two attached hydrogens (primary N) is 1. The van der Waals surface area contributed by atoms with E-state index in [0.29, 0.717) is 30.9 Å². The minimum Gasteiger partial charge on any atom is -0.369 e. The molecule has 3 N–H and O–H groups in total. The number of anilines is 1. The number of carbonyl (C=O) groups excluding carboxylic acids is 4. The van der Waals surface area contributed by atoms with Crippen LogP contribution < -0.4 is 16.0 Å². The maximum atomic E-state index is 13.3. The molecule has 5 heterocycles. The molecule has 4 amide bonds. The standard InChI is InChI=1S/C40H44N6O4S/c41-39(49)38(29-4-2-1-3-5-29)34-13-8-30(25-42-34)35-14-11-32(51-35)24-37(48)46-18-16-27(17-19-46)26-44-20-22-45(23-21-44)31-9-6-28(7-10-31)33-12-15-36(47)43-40(33)50/h1-11,13-14,25,27,33,38H,12,15-24,26H2,(H2,41,49)(H,43,47,50). The van der Waals surface area contributed by atoms with Gasteiger partial charge in [-0.1, -0.05) is 48.5 Å². The van der Waals surface area contributed by atoms with Crippen LogP contribution >= 0.6 is 11.3 Å². The third-order valence-electron chi connectivity index (χ3n) is 10.5. The Kier molecular flexibility index (Phi) is 10.6. The van der Waals surface area contributed by atoms with E-state index in [1.807, 2.05) is 71.6 Å². The van der Waals surface area contributed by atoms with Crippen molar-refractivity contribution in [2.45, 2.75) is 43.9 Å². The van der Waals surface area contributed by atoms with Gasteiger partial charge in [-0.2, -0.15) is 0 Å². The van der Waals surface area contributed by atoms with Crippen LogP contribution in [-0.2, 0) is 25.6 Å². The average Bonchev–Trinajstić information content (AvgIpc) is 3.61. The van der Waals surface area contributed by atoms with E-state index in [1.165, 1.54) is 5.69 Å². The Morgan fingerprint density at radius 1 is 0.863 bits per heavy atom. The molecule has 4 aromatic rings. The summed E-state index contributed by atoms with van der Waals surface area (Å²) in [4.78, 5) is 62.9. The van der Waals surface area contributed by atoms with E-state index in [-0.39, 0.29) is 23.6 Å². The first-order chi connectivity index (χ1) is 24.8. The number of primary amides is 1. The Balaban J connectivity index is 0.844. The lowest BCUT2D eigenvalue weighted by molar-refractivity contribution is -0.134. The summed E-state index contributed by atoms with van der Waals surface area (Å²) in [6, 6.07) is 25.6. The molecule has 0 radical (unpaired) electrons. The van der Waals surface area contributed by atoms with Crippen LogP contribution in [0.1, 0.15) is 59.2 Å². The van der Waals surface area contributed by atoms with Gasteiger partial charge in [-0.15, -0.1) is 11.3 Å². The van der Waals surface area contributed by atoms with Crippen molar-refractivity contribution in [3.05, 3.63) is 107 Å². The van der Waals surface area contributed by atoms with Crippen LogP contribution in [0.15, 0.2) is 85.1 Å². The van der Waals surface area contributed by atoms with Crippen LogP contribution in [0, 0.1) is 5.92 Å². The Labute approximate surface area is 302 Å². The van der Waals surface area contributed by atoms with E-state index < -0.39 is 11.8 Å². The molecule has 264 valence electrons. The van der Waals surface area contributed by atoms with Crippen LogP contribution in [-0.4, -0.2) is 84.2 Å². The molecule has 2 unspecified atom stereocenters. The van der Waals surface area contributed by atoms with Gasteiger partial charge in [0.1, 0.15) is 5.92 Å². The van der Waals surface area contributed by atoms with Gasteiger partial charge in [0.15, 0.2) is 0 Å². The van der Waals surface area contributed by atoms with Gasteiger partial charge >= 0.3 is 0 Å². The average molecular weight is 705 g/mol. The zero-order valence-electron chi connectivity index (χ0n) is 28.7. The van der Waals surface area contributed by atoms with Crippen molar-refractivity contribution in [3.63, 3.8) is 0 Å². The van der Waals surface area contributed by atoms with E-state index in [9.17, 15) is 19.2 Å². The maximum Gasteiger partial charge on any atom is 0.234 e. The molecule has 2 aromatic carbocycles. The summed E-state index contributed by atoms with van der Waals surface area (Å²) in [6.07, 6.45) is 5.18. The highest BCUT2D eigenvalue weighted by atomic mass is 32.1. The number of hydrogen-bond acceptors (Lipinski definition) is 8. The van der Waals surface area contributed by atoms with Crippen molar-refractivity contribution in [3.8, 4) is 10.4 Å². The van der Waals surface area contributed by atoms with Gasteiger partial charge in [0, 0.05) is 79.4 Å².